The Balaban J connectivity index is 1.49. The number of fused-ring (bicyclic) bond motifs is 2. The fourth-order valence-electron chi connectivity index (χ4n) is 4.82. The van der Waals surface area contributed by atoms with Crippen molar-refractivity contribution in [2.45, 2.75) is 26.5 Å². The summed E-state index contributed by atoms with van der Waals surface area (Å²) in [5.74, 6) is 0.634. The summed E-state index contributed by atoms with van der Waals surface area (Å²) in [7, 11) is 0. The SMILES string of the molecule is CCN(CC)CCN1C(=O)c2oc3ccccc3c(=O)c2C1c1ccc(OCc2ccccc2)cc1. The van der Waals surface area contributed by atoms with Crippen LogP contribution in [-0.4, -0.2) is 41.9 Å². The standard InChI is InChI=1S/C30H30N2O4/c1-3-31(4-2)18-19-32-27(22-14-16-23(17-15-22)35-20-21-10-6-5-7-11-21)26-28(33)24-12-8-9-13-25(24)36-29(26)30(32)34/h5-17,27H,3-4,18-20H2,1-2H3. The van der Waals surface area contributed by atoms with Crippen molar-refractivity contribution in [3.8, 4) is 5.75 Å². The molecule has 5 rings (SSSR count). The molecule has 36 heavy (non-hydrogen) atoms. The second kappa shape index (κ2) is 10.4. The smallest absolute Gasteiger partial charge is 0.290 e. The maximum Gasteiger partial charge on any atom is 0.290 e. The third-order valence-electron chi connectivity index (χ3n) is 6.87. The lowest BCUT2D eigenvalue weighted by molar-refractivity contribution is 0.0708. The van der Waals surface area contributed by atoms with E-state index in [1.54, 1.807) is 23.1 Å². The molecular formula is C30H30N2O4. The number of hydrogen-bond donors (Lipinski definition) is 0. The van der Waals surface area contributed by atoms with E-state index >= 15 is 0 Å². The third kappa shape index (κ3) is 4.52. The quantitative estimate of drug-likeness (QED) is 0.326. The highest BCUT2D eigenvalue weighted by Crippen LogP contribution is 2.38. The highest BCUT2D eigenvalue weighted by Gasteiger charge is 2.42. The van der Waals surface area contributed by atoms with E-state index in [9.17, 15) is 9.59 Å². The normalized spacial score (nSPS) is 15.0. The minimum absolute atomic E-state index is 0.146. The average Bonchev–Trinajstić information content (AvgIpc) is 3.20. The van der Waals surface area contributed by atoms with Crippen LogP contribution in [-0.2, 0) is 6.61 Å². The molecule has 0 radical (unpaired) electrons. The molecular weight excluding hydrogens is 452 g/mol. The van der Waals surface area contributed by atoms with Gasteiger partial charge in [-0.25, -0.2) is 0 Å². The second-order valence-corrected chi connectivity index (χ2v) is 8.94. The van der Waals surface area contributed by atoms with Crippen LogP contribution in [0.5, 0.6) is 5.75 Å². The maximum atomic E-state index is 13.6. The van der Waals surface area contributed by atoms with Gasteiger partial charge in [0.25, 0.3) is 5.91 Å². The topological polar surface area (TPSA) is 63.0 Å². The molecule has 1 atom stereocenters. The summed E-state index contributed by atoms with van der Waals surface area (Å²) in [6.07, 6.45) is 0. The van der Waals surface area contributed by atoms with E-state index < -0.39 is 6.04 Å². The van der Waals surface area contributed by atoms with Crippen LogP contribution in [0.25, 0.3) is 11.0 Å². The minimum atomic E-state index is -0.507. The molecule has 6 nitrogen and oxygen atoms in total. The van der Waals surface area contributed by atoms with Gasteiger partial charge >= 0.3 is 0 Å². The lowest BCUT2D eigenvalue weighted by atomic mass is 9.98. The molecule has 0 saturated carbocycles. The number of hydrogen-bond acceptors (Lipinski definition) is 5. The molecule has 6 heteroatoms. The molecule has 1 aliphatic rings. The molecule has 1 aliphatic heterocycles. The number of amides is 1. The van der Waals surface area contributed by atoms with E-state index in [2.05, 4.69) is 18.7 Å². The summed E-state index contributed by atoms with van der Waals surface area (Å²) in [5, 5.41) is 0.488. The van der Waals surface area contributed by atoms with Crippen molar-refractivity contribution in [2.75, 3.05) is 26.2 Å². The van der Waals surface area contributed by atoms with Crippen LogP contribution in [0.2, 0.25) is 0 Å². The van der Waals surface area contributed by atoms with E-state index in [0.717, 1.165) is 36.5 Å². The Morgan fingerprint density at radius 3 is 2.31 bits per heavy atom. The predicted molar refractivity (Wildman–Crippen MR) is 140 cm³/mol. The van der Waals surface area contributed by atoms with Crippen molar-refractivity contribution in [1.82, 2.24) is 9.80 Å². The summed E-state index contributed by atoms with van der Waals surface area (Å²) in [6, 6.07) is 24.2. The molecule has 0 saturated heterocycles. The van der Waals surface area contributed by atoms with Crippen molar-refractivity contribution in [2.24, 2.45) is 0 Å². The molecule has 1 unspecified atom stereocenters. The van der Waals surface area contributed by atoms with Gasteiger partial charge in [-0.15, -0.1) is 0 Å². The van der Waals surface area contributed by atoms with Crippen LogP contribution >= 0.6 is 0 Å². The van der Waals surface area contributed by atoms with Gasteiger partial charge in [0.2, 0.25) is 5.76 Å². The van der Waals surface area contributed by atoms with Crippen LogP contribution in [0, 0.1) is 0 Å². The van der Waals surface area contributed by atoms with E-state index in [1.165, 1.54) is 0 Å². The first-order valence-corrected chi connectivity index (χ1v) is 12.5. The zero-order chi connectivity index (χ0) is 25.1. The fourth-order valence-corrected chi connectivity index (χ4v) is 4.82. The molecule has 0 bridgehead atoms. The Kier molecular flexibility index (Phi) is 6.87. The first kappa shape index (κ1) is 23.8. The Bertz CT molecular complexity index is 1410. The van der Waals surface area contributed by atoms with Crippen molar-refractivity contribution in [1.29, 1.82) is 0 Å². The van der Waals surface area contributed by atoms with Gasteiger partial charge in [-0.1, -0.05) is 68.4 Å². The number of rotatable bonds is 9. The van der Waals surface area contributed by atoms with Crippen molar-refractivity contribution < 1.29 is 13.9 Å². The van der Waals surface area contributed by atoms with Crippen molar-refractivity contribution in [3.63, 3.8) is 0 Å². The third-order valence-corrected chi connectivity index (χ3v) is 6.87. The summed E-state index contributed by atoms with van der Waals surface area (Å²) < 4.78 is 12.0. The summed E-state index contributed by atoms with van der Waals surface area (Å²) >= 11 is 0. The summed E-state index contributed by atoms with van der Waals surface area (Å²) in [5.41, 5.74) is 2.64. The number of para-hydroxylation sites is 1. The van der Waals surface area contributed by atoms with Gasteiger partial charge in [-0.2, -0.15) is 0 Å². The largest absolute Gasteiger partial charge is 0.489 e. The number of nitrogens with zero attached hydrogens (tertiary/aromatic N) is 2. The van der Waals surface area contributed by atoms with Gasteiger partial charge in [0, 0.05) is 13.1 Å². The number of benzene rings is 3. The zero-order valence-electron chi connectivity index (χ0n) is 20.6. The van der Waals surface area contributed by atoms with E-state index in [-0.39, 0.29) is 17.1 Å². The van der Waals surface area contributed by atoms with Crippen LogP contribution in [0.15, 0.2) is 88.1 Å². The molecule has 0 aliphatic carbocycles. The molecule has 2 heterocycles. The van der Waals surface area contributed by atoms with Crippen molar-refractivity contribution in [3.05, 3.63) is 112 Å². The first-order chi connectivity index (χ1) is 17.6. The van der Waals surface area contributed by atoms with Gasteiger partial charge in [0.05, 0.1) is 17.0 Å². The highest BCUT2D eigenvalue weighted by molar-refractivity contribution is 5.99. The Labute approximate surface area is 210 Å². The molecule has 1 aromatic heterocycles. The fraction of sp³-hybridized carbons (Fsp3) is 0.267. The van der Waals surface area contributed by atoms with Crippen LogP contribution < -0.4 is 10.2 Å². The molecule has 0 spiro atoms. The first-order valence-electron chi connectivity index (χ1n) is 12.5. The van der Waals surface area contributed by atoms with E-state index in [1.807, 2.05) is 60.7 Å². The average molecular weight is 483 g/mol. The molecule has 1 amide bonds. The Morgan fingerprint density at radius 2 is 1.58 bits per heavy atom. The molecule has 0 N–H and O–H groups in total. The van der Waals surface area contributed by atoms with E-state index in [0.29, 0.717) is 29.7 Å². The second-order valence-electron chi connectivity index (χ2n) is 8.94. The number of carbonyl (C=O) groups is 1. The van der Waals surface area contributed by atoms with Gasteiger partial charge in [-0.3, -0.25) is 9.59 Å². The van der Waals surface area contributed by atoms with Gasteiger partial charge in [-0.05, 0) is 48.5 Å². The van der Waals surface area contributed by atoms with E-state index in [4.69, 9.17) is 9.15 Å². The lowest BCUT2D eigenvalue weighted by Gasteiger charge is -2.28. The summed E-state index contributed by atoms with van der Waals surface area (Å²) in [4.78, 5) is 31.2. The molecule has 3 aromatic carbocycles. The number of carbonyl (C=O) groups excluding carboxylic acids is 1. The van der Waals surface area contributed by atoms with Gasteiger partial charge in [0.1, 0.15) is 17.9 Å². The Hall–Kier alpha value is -3.90. The highest BCUT2D eigenvalue weighted by atomic mass is 16.5. The minimum Gasteiger partial charge on any atom is -0.489 e. The van der Waals surface area contributed by atoms with Crippen LogP contribution in [0.1, 0.15) is 47.1 Å². The lowest BCUT2D eigenvalue weighted by Crippen LogP contribution is -2.37. The monoisotopic (exact) mass is 482 g/mol. The van der Waals surface area contributed by atoms with Gasteiger partial charge in [0.15, 0.2) is 5.43 Å². The molecule has 4 aromatic rings. The number of ether oxygens (including phenoxy) is 1. The number of likely N-dealkylation sites (N-methyl/N-ethyl adjacent to an activating group) is 1. The van der Waals surface area contributed by atoms with Crippen LogP contribution in [0.4, 0.5) is 0 Å². The zero-order valence-corrected chi connectivity index (χ0v) is 20.6. The van der Waals surface area contributed by atoms with Crippen molar-refractivity contribution >= 4 is 16.9 Å². The Morgan fingerprint density at radius 1 is 0.889 bits per heavy atom. The predicted octanol–water partition coefficient (Wildman–Crippen LogP) is 5.26. The van der Waals surface area contributed by atoms with Crippen LogP contribution in [0.3, 0.4) is 0 Å². The molecule has 184 valence electrons. The maximum absolute atomic E-state index is 13.6. The molecule has 0 fully saturated rings. The summed E-state index contributed by atoms with van der Waals surface area (Å²) in [6.45, 7) is 7.68. The van der Waals surface area contributed by atoms with Gasteiger partial charge < -0.3 is 19.0 Å².